The van der Waals surface area contributed by atoms with Gasteiger partial charge in [-0.15, -0.1) is 5.10 Å². The van der Waals surface area contributed by atoms with E-state index in [4.69, 9.17) is 4.74 Å². The molecule has 1 aromatic carbocycles. The lowest BCUT2D eigenvalue weighted by molar-refractivity contribution is 0.275. The van der Waals surface area contributed by atoms with Gasteiger partial charge in [-0.05, 0) is 18.6 Å². The zero-order chi connectivity index (χ0) is 14.2. The molecular weight excluding hydrogens is 254 g/mol. The number of nitrogens with zero attached hydrogens (tertiary/aromatic N) is 3. The van der Waals surface area contributed by atoms with Gasteiger partial charge in [0.15, 0.2) is 0 Å². The highest BCUT2D eigenvalue weighted by Gasteiger charge is 2.10. The van der Waals surface area contributed by atoms with E-state index >= 15 is 0 Å². The Balaban J connectivity index is 1.83. The summed E-state index contributed by atoms with van der Waals surface area (Å²) in [7, 11) is 0. The first-order valence-corrected chi connectivity index (χ1v) is 7.05. The lowest BCUT2D eigenvalue weighted by Gasteiger charge is -2.08. The maximum absolute atomic E-state index is 9.24. The van der Waals surface area contributed by atoms with Gasteiger partial charge in [0, 0.05) is 13.0 Å². The predicted octanol–water partition coefficient (Wildman–Crippen LogP) is 2.19. The minimum atomic E-state index is -0.0458. The number of aromatic nitrogens is 3. The van der Waals surface area contributed by atoms with E-state index in [0.29, 0.717) is 12.3 Å². The van der Waals surface area contributed by atoms with Crippen LogP contribution in [-0.2, 0) is 19.6 Å². The maximum atomic E-state index is 9.24. The molecule has 2 aromatic rings. The van der Waals surface area contributed by atoms with Crippen molar-refractivity contribution in [2.24, 2.45) is 0 Å². The molecule has 0 saturated heterocycles. The summed E-state index contributed by atoms with van der Waals surface area (Å²) < 4.78 is 7.53. The smallest absolute Gasteiger partial charge is 0.119 e. The minimum absolute atomic E-state index is 0.0458. The van der Waals surface area contributed by atoms with Gasteiger partial charge in [-0.25, -0.2) is 4.68 Å². The lowest BCUT2D eigenvalue weighted by atomic mass is 10.2. The summed E-state index contributed by atoms with van der Waals surface area (Å²) in [5, 5.41) is 17.4. The van der Waals surface area contributed by atoms with E-state index in [1.165, 1.54) is 0 Å². The summed E-state index contributed by atoms with van der Waals surface area (Å²) in [5.74, 6) is 0.885. The van der Waals surface area contributed by atoms with Crippen molar-refractivity contribution >= 4 is 0 Å². The molecule has 0 bridgehead atoms. The summed E-state index contributed by atoms with van der Waals surface area (Å²) >= 11 is 0. The molecule has 0 saturated carbocycles. The SMILES string of the molecule is CCCc1c(CO)nnn1CCCOc1ccccc1. The molecular formula is C15H21N3O2. The van der Waals surface area contributed by atoms with E-state index < -0.39 is 0 Å². The zero-order valence-corrected chi connectivity index (χ0v) is 11.8. The molecule has 0 aliphatic carbocycles. The van der Waals surface area contributed by atoms with E-state index in [9.17, 15) is 5.11 Å². The number of aliphatic hydroxyl groups is 1. The third-order valence-electron chi connectivity index (χ3n) is 3.08. The standard InChI is InChI=1S/C15H21N3O2/c1-2-7-15-14(12-19)16-17-18(15)10-6-11-20-13-8-4-3-5-9-13/h3-5,8-9,19H,2,6-7,10-12H2,1H3. The Morgan fingerprint density at radius 2 is 2.05 bits per heavy atom. The number of aliphatic hydroxyl groups excluding tert-OH is 1. The lowest BCUT2D eigenvalue weighted by Crippen LogP contribution is -2.09. The largest absolute Gasteiger partial charge is 0.494 e. The summed E-state index contributed by atoms with van der Waals surface area (Å²) in [4.78, 5) is 0. The number of rotatable bonds is 8. The van der Waals surface area contributed by atoms with Crippen LogP contribution < -0.4 is 4.74 Å². The summed E-state index contributed by atoms with van der Waals surface area (Å²) in [5.41, 5.74) is 1.73. The normalized spacial score (nSPS) is 10.7. The summed E-state index contributed by atoms with van der Waals surface area (Å²) in [6, 6.07) is 9.78. The molecule has 0 unspecified atom stereocenters. The first-order chi connectivity index (χ1) is 9.85. The maximum Gasteiger partial charge on any atom is 0.119 e. The summed E-state index contributed by atoms with van der Waals surface area (Å²) in [6.45, 7) is 3.46. The van der Waals surface area contributed by atoms with Gasteiger partial charge < -0.3 is 9.84 Å². The van der Waals surface area contributed by atoms with Gasteiger partial charge in [0.05, 0.1) is 18.9 Å². The van der Waals surface area contributed by atoms with Crippen LogP contribution in [0.2, 0.25) is 0 Å². The van der Waals surface area contributed by atoms with Gasteiger partial charge in [0.2, 0.25) is 0 Å². The number of para-hydroxylation sites is 1. The third-order valence-corrected chi connectivity index (χ3v) is 3.08. The zero-order valence-electron chi connectivity index (χ0n) is 11.8. The van der Waals surface area contributed by atoms with E-state index in [2.05, 4.69) is 17.2 Å². The molecule has 5 nitrogen and oxygen atoms in total. The molecule has 0 spiro atoms. The first kappa shape index (κ1) is 14.5. The van der Waals surface area contributed by atoms with Crippen molar-refractivity contribution in [2.75, 3.05) is 6.61 Å². The van der Waals surface area contributed by atoms with Gasteiger partial charge in [0.25, 0.3) is 0 Å². The van der Waals surface area contributed by atoms with E-state index in [-0.39, 0.29) is 6.61 Å². The van der Waals surface area contributed by atoms with Gasteiger partial charge in [-0.1, -0.05) is 36.8 Å². The van der Waals surface area contributed by atoms with Crippen molar-refractivity contribution in [1.82, 2.24) is 15.0 Å². The Labute approximate surface area is 119 Å². The minimum Gasteiger partial charge on any atom is -0.494 e. The van der Waals surface area contributed by atoms with Crippen molar-refractivity contribution in [3.8, 4) is 5.75 Å². The fraction of sp³-hybridized carbons (Fsp3) is 0.467. The van der Waals surface area contributed by atoms with Crippen molar-refractivity contribution in [1.29, 1.82) is 0 Å². The molecule has 108 valence electrons. The Morgan fingerprint density at radius 3 is 2.75 bits per heavy atom. The highest BCUT2D eigenvalue weighted by molar-refractivity contribution is 5.20. The number of hydrogen-bond donors (Lipinski definition) is 1. The van der Waals surface area contributed by atoms with Crippen LogP contribution in [0.25, 0.3) is 0 Å². The average Bonchev–Trinajstić information content (AvgIpc) is 2.87. The Morgan fingerprint density at radius 1 is 1.25 bits per heavy atom. The molecule has 0 fully saturated rings. The predicted molar refractivity (Wildman–Crippen MR) is 76.5 cm³/mol. The Hall–Kier alpha value is -1.88. The van der Waals surface area contributed by atoms with Crippen molar-refractivity contribution in [2.45, 2.75) is 39.3 Å². The van der Waals surface area contributed by atoms with Crippen molar-refractivity contribution in [3.05, 3.63) is 41.7 Å². The monoisotopic (exact) mass is 275 g/mol. The molecule has 20 heavy (non-hydrogen) atoms. The fourth-order valence-corrected chi connectivity index (χ4v) is 2.10. The molecule has 0 aliphatic heterocycles. The molecule has 0 atom stereocenters. The number of hydrogen-bond acceptors (Lipinski definition) is 4. The molecule has 0 amide bonds. The van der Waals surface area contributed by atoms with Crippen molar-refractivity contribution in [3.63, 3.8) is 0 Å². The van der Waals surface area contributed by atoms with E-state index in [0.717, 1.165) is 37.3 Å². The number of ether oxygens (including phenoxy) is 1. The van der Waals surface area contributed by atoms with E-state index in [1.54, 1.807) is 0 Å². The van der Waals surface area contributed by atoms with Crippen molar-refractivity contribution < 1.29 is 9.84 Å². The molecule has 2 rings (SSSR count). The fourth-order valence-electron chi connectivity index (χ4n) is 2.10. The van der Waals surface area contributed by atoms with Crippen LogP contribution in [0.15, 0.2) is 30.3 Å². The number of benzene rings is 1. The highest BCUT2D eigenvalue weighted by atomic mass is 16.5. The third kappa shape index (κ3) is 3.81. The average molecular weight is 275 g/mol. The second-order valence-electron chi connectivity index (χ2n) is 4.63. The molecule has 0 radical (unpaired) electrons. The van der Waals surface area contributed by atoms with Gasteiger partial charge in [-0.3, -0.25) is 0 Å². The number of aryl methyl sites for hydroxylation is 1. The van der Waals surface area contributed by atoms with Gasteiger partial charge in [0.1, 0.15) is 11.4 Å². The Kier molecular flexibility index (Phi) is 5.55. The van der Waals surface area contributed by atoms with E-state index in [1.807, 2.05) is 35.0 Å². The Bertz CT molecular complexity index is 511. The van der Waals surface area contributed by atoms with Crippen LogP contribution in [0.1, 0.15) is 31.2 Å². The second-order valence-corrected chi connectivity index (χ2v) is 4.63. The molecule has 5 heteroatoms. The van der Waals surface area contributed by atoms with Crippen LogP contribution in [0.4, 0.5) is 0 Å². The second kappa shape index (κ2) is 7.65. The molecule has 0 aliphatic rings. The van der Waals surface area contributed by atoms with Crippen LogP contribution >= 0.6 is 0 Å². The first-order valence-electron chi connectivity index (χ1n) is 7.05. The molecule has 1 heterocycles. The summed E-state index contributed by atoms with van der Waals surface area (Å²) in [6.07, 6.45) is 2.77. The highest BCUT2D eigenvalue weighted by Crippen LogP contribution is 2.11. The van der Waals surface area contributed by atoms with Crippen LogP contribution in [0.5, 0.6) is 5.75 Å². The van der Waals surface area contributed by atoms with Crippen LogP contribution in [0.3, 0.4) is 0 Å². The molecule has 1 aromatic heterocycles. The molecule has 1 N–H and O–H groups in total. The van der Waals surface area contributed by atoms with Gasteiger partial charge in [-0.2, -0.15) is 0 Å². The topological polar surface area (TPSA) is 60.2 Å². The quantitative estimate of drug-likeness (QED) is 0.750. The van der Waals surface area contributed by atoms with Crippen LogP contribution in [0, 0.1) is 0 Å². The van der Waals surface area contributed by atoms with Crippen LogP contribution in [-0.4, -0.2) is 26.7 Å². The van der Waals surface area contributed by atoms with Gasteiger partial charge >= 0.3 is 0 Å².